The van der Waals surface area contributed by atoms with Crippen LogP contribution in [0.15, 0.2) is 18.2 Å². The van der Waals surface area contributed by atoms with Gasteiger partial charge < -0.3 is 21.4 Å². The van der Waals surface area contributed by atoms with Gasteiger partial charge in [0.2, 0.25) is 0 Å². The summed E-state index contributed by atoms with van der Waals surface area (Å²) in [5.41, 5.74) is 6.24. The molecule has 0 atom stereocenters. The van der Waals surface area contributed by atoms with Crippen LogP contribution in [0.5, 0.6) is 11.5 Å². The first-order chi connectivity index (χ1) is 6.69. The van der Waals surface area contributed by atoms with Crippen LogP contribution < -0.4 is 5.73 Å². The molecule has 74 valence electrons. The van der Waals surface area contributed by atoms with Gasteiger partial charge in [-0.15, -0.1) is 0 Å². The van der Waals surface area contributed by atoms with Crippen molar-refractivity contribution in [2.24, 2.45) is 5.73 Å². The van der Waals surface area contributed by atoms with E-state index in [-0.39, 0.29) is 11.5 Å². The lowest BCUT2D eigenvalue weighted by Gasteiger charge is -2.03. The summed E-state index contributed by atoms with van der Waals surface area (Å²) in [6.45, 7) is 0.356. The molecule has 0 saturated heterocycles. The second-order valence-corrected chi connectivity index (χ2v) is 2.76. The molecule has 0 saturated carbocycles. The van der Waals surface area contributed by atoms with Crippen LogP contribution in [0.3, 0.4) is 0 Å². The smallest absolute Gasteiger partial charge is 0.164 e. The highest BCUT2D eigenvalue weighted by Crippen LogP contribution is 2.30. The normalized spacial score (nSPS) is 10.6. The van der Waals surface area contributed by atoms with Crippen molar-refractivity contribution < 1.29 is 10.2 Å². The van der Waals surface area contributed by atoms with E-state index < -0.39 is 0 Å². The Kier molecular flexibility index (Phi) is 3.25. The van der Waals surface area contributed by atoms with Crippen LogP contribution in [-0.4, -0.2) is 23.0 Å². The maximum absolute atomic E-state index is 9.43. The van der Waals surface area contributed by atoms with Crippen molar-refractivity contribution in [1.82, 2.24) is 0 Å². The maximum atomic E-state index is 9.43. The highest BCUT2D eigenvalue weighted by Gasteiger charge is 2.05. The molecule has 4 heteroatoms. The summed E-state index contributed by atoms with van der Waals surface area (Å²) in [7, 11) is 0. The average Bonchev–Trinajstić information content (AvgIpc) is 2.20. The zero-order chi connectivity index (χ0) is 10.6. The lowest BCUT2D eigenvalue weighted by Crippen LogP contribution is -1.92. The van der Waals surface area contributed by atoms with Crippen molar-refractivity contribution in [3.63, 3.8) is 0 Å². The van der Waals surface area contributed by atoms with E-state index in [1.54, 1.807) is 18.2 Å². The highest BCUT2D eigenvalue weighted by atomic mass is 16.3. The van der Waals surface area contributed by atoms with Gasteiger partial charge in [0.25, 0.3) is 0 Å². The molecule has 0 radical (unpaired) electrons. The number of nitrogens with two attached hydrogens (primary N) is 1. The molecule has 0 bridgehead atoms. The fourth-order valence-electron chi connectivity index (χ4n) is 1.07. The number of hydrogen-bond acceptors (Lipinski definition) is 4. The molecule has 1 aromatic rings. The topological polar surface area (TPSA) is 90.3 Å². The fraction of sp³-hybridized carbons (Fsp3) is 0.100. The molecule has 0 aromatic heterocycles. The number of nitrogens with one attached hydrogen (secondary N) is 1. The number of phenols is 2. The monoisotopic (exact) mass is 192 g/mol. The third kappa shape index (κ3) is 2.11. The van der Waals surface area contributed by atoms with Gasteiger partial charge in [0.1, 0.15) is 0 Å². The Morgan fingerprint density at radius 1 is 1.36 bits per heavy atom. The largest absolute Gasteiger partial charge is 0.504 e. The third-order valence-electron chi connectivity index (χ3n) is 1.74. The summed E-state index contributed by atoms with van der Waals surface area (Å²) in [5.74, 6) is -0.428. The Labute approximate surface area is 81.8 Å². The Bertz CT molecular complexity index is 373. The first-order valence-corrected chi connectivity index (χ1v) is 4.12. The number of benzene rings is 1. The molecule has 4 nitrogen and oxygen atoms in total. The Morgan fingerprint density at radius 3 is 2.64 bits per heavy atom. The van der Waals surface area contributed by atoms with Crippen molar-refractivity contribution in [3.8, 4) is 11.5 Å². The molecule has 0 spiro atoms. The summed E-state index contributed by atoms with van der Waals surface area (Å²) in [6.07, 6.45) is 4.35. The predicted molar refractivity (Wildman–Crippen MR) is 55.7 cm³/mol. The molecule has 0 unspecified atom stereocenters. The van der Waals surface area contributed by atoms with Gasteiger partial charge >= 0.3 is 0 Å². The summed E-state index contributed by atoms with van der Waals surface area (Å²) in [6, 6.07) is 2.91. The minimum absolute atomic E-state index is 0.194. The molecular formula is C10H12N2O2. The van der Waals surface area contributed by atoms with Crippen LogP contribution in [0, 0.1) is 5.41 Å². The van der Waals surface area contributed by atoms with E-state index in [2.05, 4.69) is 0 Å². The second-order valence-electron chi connectivity index (χ2n) is 2.76. The van der Waals surface area contributed by atoms with E-state index >= 15 is 0 Å². The lowest BCUT2D eigenvalue weighted by molar-refractivity contribution is 0.403. The van der Waals surface area contributed by atoms with Crippen LogP contribution in [0.25, 0.3) is 6.08 Å². The van der Waals surface area contributed by atoms with Gasteiger partial charge in [-0.3, -0.25) is 0 Å². The minimum Gasteiger partial charge on any atom is -0.504 e. The zero-order valence-corrected chi connectivity index (χ0v) is 7.57. The number of phenolic OH excluding ortho intramolecular Hbond substituents is 2. The Balaban J connectivity index is 3.19. The fourth-order valence-corrected chi connectivity index (χ4v) is 1.07. The van der Waals surface area contributed by atoms with Gasteiger partial charge in [-0.1, -0.05) is 12.2 Å². The summed E-state index contributed by atoms with van der Waals surface area (Å²) < 4.78 is 0. The first-order valence-electron chi connectivity index (χ1n) is 4.12. The zero-order valence-electron chi connectivity index (χ0n) is 7.57. The molecule has 0 aliphatic rings. The number of rotatable bonds is 3. The van der Waals surface area contributed by atoms with Crippen LogP contribution >= 0.6 is 0 Å². The summed E-state index contributed by atoms with van der Waals surface area (Å²) in [5, 5.41) is 25.7. The Hall–Kier alpha value is -1.81. The molecule has 0 fully saturated rings. The van der Waals surface area contributed by atoms with Crippen molar-refractivity contribution in [1.29, 1.82) is 5.41 Å². The molecule has 14 heavy (non-hydrogen) atoms. The lowest BCUT2D eigenvalue weighted by atomic mass is 10.1. The van der Waals surface area contributed by atoms with Gasteiger partial charge in [-0.25, -0.2) is 0 Å². The first kappa shape index (κ1) is 10.3. The van der Waals surface area contributed by atoms with Crippen LogP contribution in [0.1, 0.15) is 11.1 Å². The third-order valence-corrected chi connectivity index (χ3v) is 1.74. The van der Waals surface area contributed by atoms with Crippen LogP contribution in [-0.2, 0) is 0 Å². The Morgan fingerprint density at radius 2 is 2.07 bits per heavy atom. The number of aromatic hydroxyl groups is 2. The minimum atomic E-state index is -0.234. The number of hydrogen-bond donors (Lipinski definition) is 4. The van der Waals surface area contributed by atoms with Crippen LogP contribution in [0.4, 0.5) is 0 Å². The van der Waals surface area contributed by atoms with Crippen molar-refractivity contribution in [2.45, 2.75) is 0 Å². The van der Waals surface area contributed by atoms with E-state index in [0.717, 1.165) is 6.21 Å². The second kappa shape index (κ2) is 4.43. The predicted octanol–water partition coefficient (Wildman–Crippen LogP) is 1.07. The van der Waals surface area contributed by atoms with Gasteiger partial charge in [0.05, 0.1) is 0 Å². The SMILES string of the molecule is N=Cc1cc(O)c(O)c(/C=C/CN)c1. The highest BCUT2D eigenvalue weighted by molar-refractivity contribution is 5.81. The quantitative estimate of drug-likeness (QED) is 0.426. The van der Waals surface area contributed by atoms with Crippen molar-refractivity contribution in [3.05, 3.63) is 29.3 Å². The molecule has 0 amide bonds. The molecule has 1 aromatic carbocycles. The standard InChI is InChI=1S/C10H12N2O2/c11-3-1-2-8-4-7(6-12)5-9(13)10(8)14/h1-2,4-6,12-14H,3,11H2/b2-1+,12-6?. The van der Waals surface area contributed by atoms with E-state index in [0.29, 0.717) is 17.7 Å². The van der Waals surface area contributed by atoms with E-state index in [1.807, 2.05) is 0 Å². The molecule has 1 rings (SSSR count). The van der Waals surface area contributed by atoms with E-state index in [9.17, 15) is 10.2 Å². The molecule has 5 N–H and O–H groups in total. The van der Waals surface area contributed by atoms with Crippen molar-refractivity contribution >= 4 is 12.3 Å². The molecule has 0 aliphatic heterocycles. The van der Waals surface area contributed by atoms with Crippen LogP contribution in [0.2, 0.25) is 0 Å². The summed E-state index contributed by atoms with van der Waals surface area (Å²) >= 11 is 0. The molecule has 0 heterocycles. The van der Waals surface area contributed by atoms with E-state index in [1.165, 1.54) is 6.07 Å². The van der Waals surface area contributed by atoms with Gasteiger partial charge in [0, 0.05) is 18.3 Å². The average molecular weight is 192 g/mol. The van der Waals surface area contributed by atoms with Gasteiger partial charge in [-0.05, 0) is 17.7 Å². The van der Waals surface area contributed by atoms with Gasteiger partial charge in [0.15, 0.2) is 11.5 Å². The maximum Gasteiger partial charge on any atom is 0.164 e. The summed E-state index contributed by atoms with van der Waals surface area (Å²) in [4.78, 5) is 0. The van der Waals surface area contributed by atoms with Crippen molar-refractivity contribution in [2.75, 3.05) is 6.54 Å². The molecule has 0 aliphatic carbocycles. The van der Waals surface area contributed by atoms with Gasteiger partial charge in [-0.2, -0.15) is 0 Å². The molecular weight excluding hydrogens is 180 g/mol. The van der Waals surface area contributed by atoms with E-state index in [4.69, 9.17) is 11.1 Å².